The number of aromatic nitrogens is 3. The Hall–Kier alpha value is -2.15. The van der Waals surface area contributed by atoms with Gasteiger partial charge >= 0.3 is 6.03 Å². The lowest BCUT2D eigenvalue weighted by Gasteiger charge is -2.13. The summed E-state index contributed by atoms with van der Waals surface area (Å²) in [6.45, 7) is 1.02. The first kappa shape index (κ1) is 12.9. The molecule has 0 bridgehead atoms. The van der Waals surface area contributed by atoms with E-state index in [9.17, 15) is 9.90 Å². The van der Waals surface area contributed by atoms with Crippen molar-refractivity contribution in [1.29, 1.82) is 0 Å². The first-order valence-electron chi connectivity index (χ1n) is 6.63. The molecule has 3 N–H and O–H groups in total. The molecule has 2 amide bonds. The quantitative estimate of drug-likeness (QED) is 0.732. The third kappa shape index (κ3) is 2.57. The molecule has 1 aliphatic carbocycles. The monoisotopic (exact) mass is 275 g/mol. The molecule has 0 spiro atoms. The van der Waals surface area contributed by atoms with Crippen LogP contribution in [0.15, 0.2) is 24.5 Å². The minimum absolute atomic E-state index is 0.0801. The summed E-state index contributed by atoms with van der Waals surface area (Å²) in [4.78, 5) is 15.9. The fourth-order valence-corrected chi connectivity index (χ4v) is 2.09. The molecule has 7 nitrogen and oxygen atoms in total. The van der Waals surface area contributed by atoms with E-state index >= 15 is 0 Å². The minimum atomic E-state index is -0.234. The molecular weight excluding hydrogens is 258 g/mol. The summed E-state index contributed by atoms with van der Waals surface area (Å²) >= 11 is 0. The number of aliphatic hydroxyl groups excluding tert-OH is 1. The van der Waals surface area contributed by atoms with E-state index in [2.05, 4.69) is 20.7 Å². The molecule has 0 saturated heterocycles. The molecule has 0 unspecified atom stereocenters. The molecule has 3 rings (SSSR count). The van der Waals surface area contributed by atoms with Gasteiger partial charge < -0.3 is 15.7 Å². The Morgan fingerprint density at radius 2 is 2.20 bits per heavy atom. The Labute approximate surface area is 116 Å². The van der Waals surface area contributed by atoms with Crippen molar-refractivity contribution >= 4 is 11.7 Å². The molecule has 7 heteroatoms. The normalized spacial score (nSPS) is 16.1. The highest BCUT2D eigenvalue weighted by atomic mass is 16.3. The molecule has 0 atom stereocenters. The average Bonchev–Trinajstić information content (AvgIpc) is 3.10. The largest absolute Gasteiger partial charge is 0.396 e. The van der Waals surface area contributed by atoms with Crippen molar-refractivity contribution in [1.82, 2.24) is 25.2 Å². The smallest absolute Gasteiger partial charge is 0.315 e. The highest BCUT2D eigenvalue weighted by Crippen LogP contribution is 2.44. The minimum Gasteiger partial charge on any atom is -0.396 e. The molecule has 1 fully saturated rings. The van der Waals surface area contributed by atoms with Crippen LogP contribution < -0.4 is 10.6 Å². The number of nitrogens with one attached hydrogen (secondary N) is 2. The molecule has 2 aromatic rings. The first-order chi connectivity index (χ1) is 9.72. The van der Waals surface area contributed by atoms with Crippen LogP contribution in [0.3, 0.4) is 0 Å². The summed E-state index contributed by atoms with van der Waals surface area (Å²) < 4.78 is 1.69. The van der Waals surface area contributed by atoms with Crippen LogP contribution in [0.25, 0.3) is 5.65 Å². The topological polar surface area (TPSA) is 91.6 Å². The van der Waals surface area contributed by atoms with Crippen LogP contribution in [0, 0.1) is 5.41 Å². The van der Waals surface area contributed by atoms with Gasteiger partial charge in [0, 0.05) is 24.2 Å². The molecule has 2 aromatic heterocycles. The summed E-state index contributed by atoms with van der Waals surface area (Å²) in [5.41, 5.74) is 1.53. The molecule has 1 saturated carbocycles. The maximum Gasteiger partial charge on any atom is 0.315 e. The van der Waals surface area contributed by atoms with Crippen LogP contribution in [0.2, 0.25) is 0 Å². The lowest BCUT2D eigenvalue weighted by Crippen LogP contribution is -2.39. The number of fused-ring (bicyclic) bond motifs is 1. The second-order valence-corrected chi connectivity index (χ2v) is 5.23. The van der Waals surface area contributed by atoms with Crippen LogP contribution in [0.5, 0.6) is 0 Å². The van der Waals surface area contributed by atoms with Crippen molar-refractivity contribution in [2.24, 2.45) is 5.41 Å². The number of urea groups is 1. The van der Waals surface area contributed by atoms with E-state index in [4.69, 9.17) is 0 Å². The number of nitrogens with zero attached hydrogens (tertiary/aromatic N) is 3. The first-order valence-corrected chi connectivity index (χ1v) is 6.63. The van der Waals surface area contributed by atoms with Gasteiger partial charge in [-0.2, -0.15) is 5.10 Å². The van der Waals surface area contributed by atoms with Crippen LogP contribution in [-0.4, -0.2) is 38.9 Å². The van der Waals surface area contributed by atoms with Gasteiger partial charge in [0.05, 0.1) is 25.0 Å². The molecule has 0 radical (unpaired) electrons. The Morgan fingerprint density at radius 3 is 2.95 bits per heavy atom. The van der Waals surface area contributed by atoms with Crippen molar-refractivity contribution in [3.63, 3.8) is 0 Å². The van der Waals surface area contributed by atoms with Gasteiger partial charge in [-0.3, -0.25) is 0 Å². The average molecular weight is 275 g/mol. The number of rotatable bonds is 5. The Kier molecular flexibility index (Phi) is 3.27. The highest BCUT2D eigenvalue weighted by molar-refractivity contribution is 5.73. The fourth-order valence-electron chi connectivity index (χ4n) is 2.09. The Morgan fingerprint density at radius 1 is 1.35 bits per heavy atom. The van der Waals surface area contributed by atoms with Crippen molar-refractivity contribution in [3.05, 3.63) is 30.2 Å². The fraction of sp³-hybridized carbons (Fsp3) is 0.462. The SMILES string of the molecule is O=C(NCc1ccnc2ccnn12)NCC1(CO)CC1. The van der Waals surface area contributed by atoms with E-state index < -0.39 is 0 Å². The maximum absolute atomic E-state index is 11.7. The molecule has 1 aliphatic rings. The molecular formula is C13H17N5O2. The maximum atomic E-state index is 11.7. The number of amides is 2. The van der Waals surface area contributed by atoms with Crippen molar-refractivity contribution in [3.8, 4) is 0 Å². The van der Waals surface area contributed by atoms with Crippen LogP contribution in [-0.2, 0) is 6.54 Å². The second-order valence-electron chi connectivity index (χ2n) is 5.23. The highest BCUT2D eigenvalue weighted by Gasteiger charge is 2.42. The predicted molar refractivity (Wildman–Crippen MR) is 72.0 cm³/mol. The zero-order valence-electron chi connectivity index (χ0n) is 11.0. The summed E-state index contributed by atoms with van der Waals surface area (Å²) in [5.74, 6) is 0. The number of hydrogen-bond donors (Lipinski definition) is 3. The molecule has 20 heavy (non-hydrogen) atoms. The number of carbonyl (C=O) groups is 1. The Bertz CT molecular complexity index is 620. The van der Waals surface area contributed by atoms with E-state index in [-0.39, 0.29) is 18.1 Å². The van der Waals surface area contributed by atoms with Gasteiger partial charge in [-0.1, -0.05) is 0 Å². The zero-order valence-corrected chi connectivity index (χ0v) is 11.0. The van der Waals surface area contributed by atoms with Gasteiger partial charge in [0.25, 0.3) is 0 Å². The third-order valence-electron chi connectivity index (χ3n) is 3.72. The summed E-state index contributed by atoms with van der Waals surface area (Å²) in [6.07, 6.45) is 5.31. The van der Waals surface area contributed by atoms with E-state index in [1.54, 1.807) is 16.9 Å². The van der Waals surface area contributed by atoms with Crippen LogP contribution >= 0.6 is 0 Å². The second kappa shape index (κ2) is 5.09. The molecule has 0 aliphatic heterocycles. The van der Waals surface area contributed by atoms with E-state index in [0.717, 1.165) is 24.2 Å². The summed E-state index contributed by atoms with van der Waals surface area (Å²) in [7, 11) is 0. The number of hydrogen-bond acceptors (Lipinski definition) is 4. The zero-order chi connectivity index (χ0) is 14.0. The lowest BCUT2D eigenvalue weighted by atomic mass is 10.1. The summed E-state index contributed by atoms with van der Waals surface area (Å²) in [6, 6.07) is 3.39. The van der Waals surface area contributed by atoms with Gasteiger partial charge in [0.2, 0.25) is 0 Å². The van der Waals surface area contributed by atoms with Gasteiger partial charge in [0.15, 0.2) is 5.65 Å². The van der Waals surface area contributed by atoms with E-state index in [1.165, 1.54) is 0 Å². The third-order valence-corrected chi connectivity index (χ3v) is 3.72. The van der Waals surface area contributed by atoms with Gasteiger partial charge in [0.1, 0.15) is 0 Å². The lowest BCUT2D eigenvalue weighted by molar-refractivity contribution is 0.203. The van der Waals surface area contributed by atoms with E-state index in [0.29, 0.717) is 13.1 Å². The molecule has 0 aromatic carbocycles. The van der Waals surface area contributed by atoms with Crippen molar-refractivity contribution in [2.45, 2.75) is 19.4 Å². The van der Waals surface area contributed by atoms with E-state index in [1.807, 2.05) is 12.1 Å². The van der Waals surface area contributed by atoms with Gasteiger partial charge in [-0.05, 0) is 18.9 Å². The van der Waals surface area contributed by atoms with Crippen LogP contribution in [0.4, 0.5) is 4.79 Å². The standard InChI is InChI=1S/C13H17N5O2/c19-9-13(3-4-13)8-16-12(20)15-7-10-1-5-14-11-2-6-17-18(10)11/h1-2,5-6,19H,3-4,7-9H2,(H2,15,16,20). The van der Waals surface area contributed by atoms with Gasteiger partial charge in [-0.15, -0.1) is 0 Å². The molecule has 2 heterocycles. The Balaban J connectivity index is 1.54. The van der Waals surface area contributed by atoms with Crippen molar-refractivity contribution < 1.29 is 9.90 Å². The number of aliphatic hydroxyl groups is 1. The molecule has 106 valence electrons. The van der Waals surface area contributed by atoms with Gasteiger partial charge in [-0.25, -0.2) is 14.3 Å². The summed E-state index contributed by atoms with van der Waals surface area (Å²) in [5, 5.41) is 18.9. The predicted octanol–water partition coefficient (Wildman–Crippen LogP) is 0.301. The number of carbonyl (C=O) groups excluding carboxylic acids is 1. The van der Waals surface area contributed by atoms with Crippen LogP contribution in [0.1, 0.15) is 18.5 Å². The van der Waals surface area contributed by atoms with Crippen molar-refractivity contribution in [2.75, 3.05) is 13.2 Å².